The van der Waals surface area contributed by atoms with Crippen LogP contribution >= 0.6 is 0 Å². The second-order valence-electron chi connectivity index (χ2n) is 3.53. The minimum absolute atomic E-state index is 0.265. The molecule has 0 spiro atoms. The quantitative estimate of drug-likeness (QED) is 0.691. The van der Waals surface area contributed by atoms with Crippen LogP contribution in [0.4, 0.5) is 0 Å². The number of hydrogen-bond donors (Lipinski definition) is 2. The number of nitrogens with two attached hydrogens (primary N) is 1. The van der Waals surface area contributed by atoms with Crippen molar-refractivity contribution in [3.63, 3.8) is 0 Å². The van der Waals surface area contributed by atoms with Crippen molar-refractivity contribution in [2.75, 3.05) is 13.1 Å². The van der Waals surface area contributed by atoms with Crippen LogP contribution in [0.5, 0.6) is 0 Å². The first-order valence-corrected chi connectivity index (χ1v) is 4.83. The van der Waals surface area contributed by atoms with Crippen LogP contribution in [0, 0.1) is 0 Å². The summed E-state index contributed by atoms with van der Waals surface area (Å²) in [5.41, 5.74) is 5.74. The average molecular weight is 194 g/mol. The van der Waals surface area contributed by atoms with Gasteiger partial charge in [0.1, 0.15) is 5.69 Å². The minimum atomic E-state index is -0.409. The van der Waals surface area contributed by atoms with E-state index in [2.05, 4.69) is 10.4 Å². The van der Waals surface area contributed by atoms with Crippen molar-refractivity contribution >= 4 is 5.91 Å². The number of nitrogens with zero attached hydrogens (tertiary/aromatic N) is 2. The van der Waals surface area contributed by atoms with Crippen LogP contribution in [0.2, 0.25) is 0 Å². The largest absolute Gasteiger partial charge is 0.364 e. The second kappa shape index (κ2) is 3.79. The Labute approximate surface area is 82.3 Å². The van der Waals surface area contributed by atoms with E-state index < -0.39 is 5.91 Å². The normalized spacial score (nSPS) is 22.1. The van der Waals surface area contributed by atoms with Gasteiger partial charge >= 0.3 is 0 Å². The van der Waals surface area contributed by atoms with Gasteiger partial charge < -0.3 is 11.1 Å². The monoisotopic (exact) mass is 194 g/mol. The SMILES string of the molecule is NC(=O)c1ccnn1C1CCCNC1. The predicted molar refractivity (Wildman–Crippen MR) is 51.9 cm³/mol. The molecule has 76 valence electrons. The lowest BCUT2D eigenvalue weighted by molar-refractivity contribution is 0.0986. The fourth-order valence-corrected chi connectivity index (χ4v) is 1.84. The zero-order chi connectivity index (χ0) is 9.97. The smallest absolute Gasteiger partial charge is 0.266 e. The highest BCUT2D eigenvalue weighted by molar-refractivity contribution is 5.90. The number of nitrogens with one attached hydrogen (secondary N) is 1. The number of rotatable bonds is 2. The van der Waals surface area contributed by atoms with Crippen LogP contribution in [0.1, 0.15) is 29.4 Å². The van der Waals surface area contributed by atoms with E-state index in [0.29, 0.717) is 5.69 Å². The van der Waals surface area contributed by atoms with Crippen molar-refractivity contribution in [2.24, 2.45) is 5.73 Å². The summed E-state index contributed by atoms with van der Waals surface area (Å²) in [6.45, 7) is 1.91. The average Bonchev–Trinajstić information content (AvgIpc) is 2.67. The number of primary amides is 1. The Bertz CT molecular complexity index is 327. The third-order valence-corrected chi connectivity index (χ3v) is 2.54. The van der Waals surface area contributed by atoms with Gasteiger partial charge in [0.15, 0.2) is 0 Å². The predicted octanol–water partition coefficient (Wildman–Crippen LogP) is -0.0935. The number of amides is 1. The van der Waals surface area contributed by atoms with E-state index in [1.807, 2.05) is 0 Å². The molecule has 0 aromatic carbocycles. The highest BCUT2D eigenvalue weighted by Crippen LogP contribution is 2.17. The summed E-state index contributed by atoms with van der Waals surface area (Å²) < 4.78 is 1.73. The van der Waals surface area contributed by atoms with E-state index in [4.69, 9.17) is 5.73 Å². The summed E-state index contributed by atoms with van der Waals surface area (Å²) in [5, 5.41) is 7.41. The lowest BCUT2D eigenvalue weighted by atomic mass is 10.1. The molecule has 1 saturated heterocycles. The van der Waals surface area contributed by atoms with Crippen molar-refractivity contribution in [1.82, 2.24) is 15.1 Å². The minimum Gasteiger partial charge on any atom is -0.364 e. The Hall–Kier alpha value is -1.36. The van der Waals surface area contributed by atoms with Crippen LogP contribution in [0.3, 0.4) is 0 Å². The number of piperidine rings is 1. The summed E-state index contributed by atoms with van der Waals surface area (Å²) in [5.74, 6) is -0.409. The Balaban J connectivity index is 2.21. The maximum absolute atomic E-state index is 11.1. The van der Waals surface area contributed by atoms with E-state index in [-0.39, 0.29) is 6.04 Å². The van der Waals surface area contributed by atoms with Crippen molar-refractivity contribution in [2.45, 2.75) is 18.9 Å². The third-order valence-electron chi connectivity index (χ3n) is 2.54. The third kappa shape index (κ3) is 1.63. The molecule has 1 atom stereocenters. The van der Waals surface area contributed by atoms with Crippen LogP contribution in [0.25, 0.3) is 0 Å². The standard InChI is InChI=1S/C9H14N4O/c10-9(14)8-3-5-12-13(8)7-2-1-4-11-6-7/h3,5,7,11H,1-2,4,6H2,(H2,10,14). The van der Waals surface area contributed by atoms with Gasteiger partial charge in [-0.1, -0.05) is 0 Å². The summed E-state index contributed by atoms with van der Waals surface area (Å²) in [4.78, 5) is 11.1. The zero-order valence-corrected chi connectivity index (χ0v) is 7.94. The molecule has 5 heteroatoms. The van der Waals surface area contributed by atoms with E-state index in [9.17, 15) is 4.79 Å². The molecule has 2 heterocycles. The first-order valence-electron chi connectivity index (χ1n) is 4.83. The molecular weight excluding hydrogens is 180 g/mol. The molecule has 1 unspecified atom stereocenters. The summed E-state index contributed by atoms with van der Waals surface area (Å²) in [6, 6.07) is 1.93. The number of aromatic nitrogens is 2. The molecule has 14 heavy (non-hydrogen) atoms. The Morgan fingerprint density at radius 3 is 3.21 bits per heavy atom. The molecule has 0 radical (unpaired) electrons. The van der Waals surface area contributed by atoms with Crippen molar-refractivity contribution in [1.29, 1.82) is 0 Å². The molecule has 1 aromatic heterocycles. The van der Waals surface area contributed by atoms with Gasteiger partial charge in [0, 0.05) is 12.7 Å². The molecule has 1 fully saturated rings. The second-order valence-corrected chi connectivity index (χ2v) is 3.53. The molecular formula is C9H14N4O. The molecule has 5 nitrogen and oxygen atoms in total. The maximum atomic E-state index is 11.1. The van der Waals surface area contributed by atoms with Crippen LogP contribution < -0.4 is 11.1 Å². The van der Waals surface area contributed by atoms with Crippen LogP contribution in [0.15, 0.2) is 12.3 Å². The van der Waals surface area contributed by atoms with Gasteiger partial charge in [-0.3, -0.25) is 9.48 Å². The zero-order valence-electron chi connectivity index (χ0n) is 7.94. The van der Waals surface area contributed by atoms with Crippen molar-refractivity contribution in [3.8, 4) is 0 Å². The Morgan fingerprint density at radius 1 is 1.71 bits per heavy atom. The molecule has 0 saturated carbocycles. The Morgan fingerprint density at radius 2 is 2.57 bits per heavy atom. The van der Waals surface area contributed by atoms with E-state index >= 15 is 0 Å². The lowest BCUT2D eigenvalue weighted by Crippen LogP contribution is -2.34. The van der Waals surface area contributed by atoms with Gasteiger partial charge in [-0.05, 0) is 25.5 Å². The number of carbonyl (C=O) groups excluding carboxylic acids is 1. The fraction of sp³-hybridized carbons (Fsp3) is 0.556. The highest BCUT2D eigenvalue weighted by atomic mass is 16.1. The van der Waals surface area contributed by atoms with Gasteiger partial charge in [0.05, 0.1) is 6.04 Å². The molecule has 1 aliphatic heterocycles. The van der Waals surface area contributed by atoms with Gasteiger partial charge in [0.25, 0.3) is 5.91 Å². The maximum Gasteiger partial charge on any atom is 0.266 e. The van der Waals surface area contributed by atoms with Crippen molar-refractivity contribution in [3.05, 3.63) is 18.0 Å². The molecule has 1 amide bonds. The van der Waals surface area contributed by atoms with Gasteiger partial charge in [-0.2, -0.15) is 5.10 Å². The fourth-order valence-electron chi connectivity index (χ4n) is 1.84. The van der Waals surface area contributed by atoms with Gasteiger partial charge in [0.2, 0.25) is 0 Å². The van der Waals surface area contributed by atoms with E-state index in [1.165, 1.54) is 0 Å². The first kappa shape index (κ1) is 9.21. The molecule has 1 aromatic rings. The number of carbonyl (C=O) groups is 1. The van der Waals surface area contributed by atoms with E-state index in [0.717, 1.165) is 25.9 Å². The molecule has 0 aliphatic carbocycles. The summed E-state index contributed by atoms with van der Waals surface area (Å²) in [6.07, 6.45) is 3.78. The van der Waals surface area contributed by atoms with Crippen LogP contribution in [-0.2, 0) is 0 Å². The number of hydrogen-bond acceptors (Lipinski definition) is 3. The highest BCUT2D eigenvalue weighted by Gasteiger charge is 2.19. The first-order chi connectivity index (χ1) is 6.79. The molecule has 2 rings (SSSR count). The van der Waals surface area contributed by atoms with E-state index in [1.54, 1.807) is 16.9 Å². The molecule has 1 aliphatic rings. The topological polar surface area (TPSA) is 72.9 Å². The molecule has 3 N–H and O–H groups in total. The van der Waals surface area contributed by atoms with Gasteiger partial charge in [-0.15, -0.1) is 0 Å². The summed E-state index contributed by atoms with van der Waals surface area (Å²) >= 11 is 0. The summed E-state index contributed by atoms with van der Waals surface area (Å²) in [7, 11) is 0. The van der Waals surface area contributed by atoms with Crippen molar-refractivity contribution < 1.29 is 4.79 Å². The Kier molecular flexibility index (Phi) is 2.49. The van der Waals surface area contributed by atoms with Crippen LogP contribution in [-0.4, -0.2) is 28.8 Å². The lowest BCUT2D eigenvalue weighted by Gasteiger charge is -2.24. The molecule has 0 bridgehead atoms. The van der Waals surface area contributed by atoms with Gasteiger partial charge in [-0.25, -0.2) is 0 Å².